The van der Waals surface area contributed by atoms with E-state index in [1.807, 2.05) is 25.6 Å². The normalized spacial score (nSPS) is 14.9. The van der Waals surface area contributed by atoms with Gasteiger partial charge in [0.1, 0.15) is 11.4 Å². The molecule has 1 fully saturated rings. The smallest absolute Gasteiger partial charge is 0.539 e. The van der Waals surface area contributed by atoms with Crippen LogP contribution in [0.4, 0.5) is 5.82 Å². The van der Waals surface area contributed by atoms with Crippen molar-refractivity contribution in [2.24, 2.45) is 0 Å². The number of rotatable bonds is 4. The number of aromatic nitrogens is 1. The highest BCUT2D eigenvalue weighted by atomic mass is 32.2. The SMILES string of the molecule is CC.O.O=C(O)c1cccnc1N1CCN(C/C=C2/c3ccccc3CSc3ccccc32)CC1.O=C([O-])C(=O)O.[H+]. The van der Waals surface area contributed by atoms with Gasteiger partial charge in [0.15, 0.2) is 5.97 Å². The van der Waals surface area contributed by atoms with Crippen molar-refractivity contribution in [3.8, 4) is 0 Å². The molecule has 10 nitrogen and oxygen atoms in total. The lowest BCUT2D eigenvalue weighted by Crippen LogP contribution is -2.47. The molecule has 0 unspecified atom stereocenters. The van der Waals surface area contributed by atoms with Crippen LogP contribution < -0.4 is 10.0 Å². The number of pyridine rings is 1. The lowest BCUT2D eigenvalue weighted by atomic mass is 9.94. The molecule has 4 N–H and O–H groups in total. The zero-order valence-corrected chi connectivity index (χ0v) is 23.8. The zero-order valence-electron chi connectivity index (χ0n) is 23.9. The van der Waals surface area contributed by atoms with Crippen molar-refractivity contribution in [3.05, 3.63) is 95.2 Å². The van der Waals surface area contributed by atoms with Crippen LogP contribution in [0.15, 0.2) is 77.8 Å². The van der Waals surface area contributed by atoms with Gasteiger partial charge in [0.05, 0.1) is 0 Å². The summed E-state index contributed by atoms with van der Waals surface area (Å²) < 4.78 is 0. The highest BCUT2D eigenvalue weighted by molar-refractivity contribution is 7.98. The number of nitrogens with zero attached hydrogens (tertiary/aromatic N) is 3. The number of carboxylic acids is 3. The summed E-state index contributed by atoms with van der Waals surface area (Å²) in [5.41, 5.74) is 5.58. The zero-order chi connectivity index (χ0) is 29.1. The number of benzene rings is 2. The van der Waals surface area contributed by atoms with Crippen molar-refractivity contribution in [1.82, 2.24) is 9.88 Å². The van der Waals surface area contributed by atoms with E-state index in [0.717, 1.165) is 38.5 Å². The van der Waals surface area contributed by atoms with E-state index in [4.69, 9.17) is 19.8 Å². The molecule has 3 aromatic rings. The summed E-state index contributed by atoms with van der Waals surface area (Å²) in [6.07, 6.45) is 4.03. The highest BCUT2D eigenvalue weighted by Crippen LogP contribution is 2.39. The van der Waals surface area contributed by atoms with Gasteiger partial charge in [-0.2, -0.15) is 0 Å². The summed E-state index contributed by atoms with van der Waals surface area (Å²) in [5.74, 6) is -3.38. The Morgan fingerprint density at radius 3 is 2.20 bits per heavy atom. The maximum Gasteiger partial charge on any atom is 1.00 e. The molecule has 2 aromatic carbocycles. The minimum Gasteiger partial charge on any atom is -0.539 e. The molecule has 0 atom stereocenters. The Hall–Kier alpha value is -4.19. The van der Waals surface area contributed by atoms with Gasteiger partial charge in [0.2, 0.25) is 0 Å². The number of piperazine rings is 1. The van der Waals surface area contributed by atoms with Gasteiger partial charge < -0.3 is 30.5 Å². The summed E-state index contributed by atoms with van der Waals surface area (Å²) in [6.45, 7) is 8.15. The minimum absolute atomic E-state index is 0. The molecule has 0 spiro atoms. The Labute approximate surface area is 244 Å². The van der Waals surface area contributed by atoms with Crippen LogP contribution in [0.25, 0.3) is 5.57 Å². The first-order valence-corrected chi connectivity index (χ1v) is 13.9. The second kappa shape index (κ2) is 16.2. The van der Waals surface area contributed by atoms with E-state index in [0.29, 0.717) is 5.82 Å². The van der Waals surface area contributed by atoms with Gasteiger partial charge in [-0.1, -0.05) is 62.4 Å². The fourth-order valence-corrected chi connectivity index (χ4v) is 5.49. The van der Waals surface area contributed by atoms with Gasteiger partial charge in [-0.3, -0.25) is 4.90 Å². The third-order valence-electron chi connectivity index (χ3n) is 6.29. The molecule has 11 heteroatoms. The molecule has 0 bridgehead atoms. The molecular formula is C30H35N3O7S. The predicted molar refractivity (Wildman–Crippen MR) is 158 cm³/mol. The van der Waals surface area contributed by atoms with E-state index in [1.54, 1.807) is 18.3 Å². The Bertz CT molecular complexity index is 1320. The number of aromatic carboxylic acids is 1. The standard InChI is InChI=1S/C26H25N3O2S.C2H2O4.C2H6.H2O/c30-26(31)23-9-5-12-27-25(23)29-16-14-28(15-17-29)13-11-21-20-7-2-1-6-19(20)18-32-24-10-4-3-8-22(21)24;3-1(4)2(5)6;1-2;/h1-12H,13-18H2,(H,30,31);(H,3,4)(H,5,6);1-2H3;1H2/b21-11-;;;. The fraction of sp³-hybridized carbons (Fsp3) is 0.267. The number of carboxylic acid groups (broad SMARTS) is 3. The molecule has 41 heavy (non-hydrogen) atoms. The molecule has 2 aliphatic heterocycles. The third kappa shape index (κ3) is 8.65. The Balaban J connectivity index is 0.000000790. The van der Waals surface area contributed by atoms with Gasteiger partial charge in [-0.15, -0.1) is 11.8 Å². The molecule has 2 aliphatic rings. The third-order valence-corrected chi connectivity index (χ3v) is 7.41. The molecule has 3 heterocycles. The number of thioether (sulfide) groups is 1. The van der Waals surface area contributed by atoms with E-state index >= 15 is 0 Å². The van der Waals surface area contributed by atoms with Gasteiger partial charge in [0.25, 0.3) is 0 Å². The van der Waals surface area contributed by atoms with Crippen molar-refractivity contribution in [3.63, 3.8) is 0 Å². The number of hydrogen-bond acceptors (Lipinski definition) is 8. The van der Waals surface area contributed by atoms with Crippen molar-refractivity contribution in [2.75, 3.05) is 37.6 Å². The maximum atomic E-state index is 11.5. The molecule has 5 rings (SSSR count). The van der Waals surface area contributed by atoms with Crippen LogP contribution in [-0.2, 0) is 15.3 Å². The van der Waals surface area contributed by atoms with E-state index in [2.05, 4.69) is 69.4 Å². The monoisotopic (exact) mass is 581 g/mol. The van der Waals surface area contributed by atoms with Gasteiger partial charge in [-0.05, 0) is 40.5 Å². The molecule has 218 valence electrons. The number of anilines is 1. The molecule has 0 saturated carbocycles. The van der Waals surface area contributed by atoms with Crippen LogP contribution in [0.5, 0.6) is 0 Å². The molecule has 0 radical (unpaired) electrons. The van der Waals surface area contributed by atoms with Crippen LogP contribution in [0.1, 0.15) is 42.3 Å². The minimum atomic E-state index is -2.07. The largest absolute Gasteiger partial charge is 1.00 e. The highest BCUT2D eigenvalue weighted by Gasteiger charge is 2.23. The predicted octanol–water partition coefficient (Wildman–Crippen LogP) is 2.77. The quantitative estimate of drug-likeness (QED) is 0.438. The van der Waals surface area contributed by atoms with Gasteiger partial charge >= 0.3 is 13.4 Å². The molecule has 1 aromatic heterocycles. The van der Waals surface area contributed by atoms with Crippen molar-refractivity contribution < 1.29 is 36.6 Å². The van der Waals surface area contributed by atoms with Crippen LogP contribution in [0.2, 0.25) is 0 Å². The summed E-state index contributed by atoms with van der Waals surface area (Å²) in [7, 11) is 0. The fourth-order valence-electron chi connectivity index (χ4n) is 4.42. The Morgan fingerprint density at radius 2 is 1.56 bits per heavy atom. The summed E-state index contributed by atoms with van der Waals surface area (Å²) in [4.78, 5) is 39.8. The summed E-state index contributed by atoms with van der Waals surface area (Å²) in [6, 6.07) is 20.7. The van der Waals surface area contributed by atoms with Crippen molar-refractivity contribution in [1.29, 1.82) is 0 Å². The van der Waals surface area contributed by atoms with Gasteiger partial charge in [-0.25, -0.2) is 14.6 Å². The van der Waals surface area contributed by atoms with Crippen molar-refractivity contribution >= 4 is 41.1 Å². The average Bonchev–Trinajstić information content (AvgIpc) is 3.14. The molecule has 0 amide bonds. The van der Waals surface area contributed by atoms with E-state index < -0.39 is 17.9 Å². The number of fused-ring (bicyclic) bond motifs is 2. The van der Waals surface area contributed by atoms with Crippen LogP contribution in [0, 0.1) is 0 Å². The number of carbonyl (C=O) groups is 3. The first kappa shape index (κ1) is 33.0. The van der Waals surface area contributed by atoms with Crippen molar-refractivity contribution in [2.45, 2.75) is 24.5 Å². The number of carbonyl (C=O) groups excluding carboxylic acids is 1. The first-order valence-electron chi connectivity index (χ1n) is 13.0. The van der Waals surface area contributed by atoms with E-state index in [9.17, 15) is 9.90 Å². The molecular weight excluding hydrogens is 546 g/mol. The topological polar surface area (TPSA) is 166 Å². The lowest BCUT2D eigenvalue weighted by Gasteiger charge is -2.35. The van der Waals surface area contributed by atoms with Crippen LogP contribution in [0.3, 0.4) is 0 Å². The summed E-state index contributed by atoms with van der Waals surface area (Å²) >= 11 is 1.90. The molecule has 0 aliphatic carbocycles. The second-order valence-electron chi connectivity index (χ2n) is 8.62. The average molecular weight is 582 g/mol. The second-order valence-corrected chi connectivity index (χ2v) is 9.64. The Morgan fingerprint density at radius 1 is 0.951 bits per heavy atom. The number of hydrogen-bond donors (Lipinski definition) is 2. The Kier molecular flexibility index (Phi) is 13.0. The maximum absolute atomic E-state index is 11.5. The van der Waals surface area contributed by atoms with E-state index in [1.165, 1.54) is 27.2 Å². The van der Waals surface area contributed by atoms with Crippen LogP contribution >= 0.6 is 11.8 Å². The van der Waals surface area contributed by atoms with Gasteiger partial charge in [0, 0.05) is 49.6 Å². The first-order chi connectivity index (χ1) is 19.3. The lowest BCUT2D eigenvalue weighted by molar-refractivity contribution is -0.303. The molecule has 1 saturated heterocycles. The van der Waals surface area contributed by atoms with E-state index in [-0.39, 0.29) is 12.5 Å². The summed E-state index contributed by atoms with van der Waals surface area (Å²) in [5, 5.41) is 25.8. The number of aliphatic carboxylic acids is 2. The van der Waals surface area contributed by atoms with Crippen LogP contribution in [-0.4, -0.2) is 76.2 Å².